The van der Waals surface area contributed by atoms with Crippen molar-refractivity contribution in [2.45, 2.75) is 0 Å². The van der Waals surface area contributed by atoms with E-state index >= 15 is 0 Å². The molecule has 36 valence electrons. The van der Waals surface area contributed by atoms with Crippen LogP contribution in [0.3, 0.4) is 0 Å². The van der Waals surface area contributed by atoms with Gasteiger partial charge < -0.3 is 4.90 Å². The molecule has 0 unspecified atom stereocenters. The first kappa shape index (κ1) is 5.69. The SMILES string of the molecule is CN(C)C(=O)[SiH3]. The summed E-state index contributed by atoms with van der Waals surface area (Å²) in [6.07, 6.45) is 0. The van der Waals surface area contributed by atoms with Gasteiger partial charge in [-0.05, 0) is 0 Å². The largest absolute Gasteiger partial charge is 0.354 e. The molecule has 3 heteroatoms. The van der Waals surface area contributed by atoms with Crippen LogP contribution in [0.4, 0.5) is 4.79 Å². The van der Waals surface area contributed by atoms with E-state index < -0.39 is 0 Å². The van der Waals surface area contributed by atoms with Gasteiger partial charge in [0.05, 0.1) is 0 Å². The molecule has 0 N–H and O–H groups in total. The summed E-state index contributed by atoms with van der Waals surface area (Å²) in [5, 5.41) is 0. The molecule has 2 nitrogen and oxygen atoms in total. The number of hydrogen-bond donors (Lipinski definition) is 0. The predicted octanol–water partition coefficient (Wildman–Crippen LogP) is -0.967. The van der Waals surface area contributed by atoms with E-state index in [9.17, 15) is 4.79 Å². The number of nitrogens with zero attached hydrogens (tertiary/aromatic N) is 1. The van der Waals surface area contributed by atoms with Crippen molar-refractivity contribution in [1.82, 2.24) is 4.90 Å². The van der Waals surface area contributed by atoms with E-state index in [0.717, 1.165) is 0 Å². The van der Waals surface area contributed by atoms with Gasteiger partial charge in [-0.2, -0.15) is 0 Å². The fourth-order valence-electron chi connectivity index (χ4n) is 0. The Morgan fingerprint density at radius 1 is 1.67 bits per heavy atom. The van der Waals surface area contributed by atoms with Gasteiger partial charge in [0.2, 0.25) is 0 Å². The van der Waals surface area contributed by atoms with Crippen LogP contribution in [-0.2, 0) is 0 Å². The highest BCUT2D eigenvalue weighted by molar-refractivity contribution is 6.56. The van der Waals surface area contributed by atoms with Crippen LogP contribution in [0.5, 0.6) is 0 Å². The minimum absolute atomic E-state index is 0.231. The van der Waals surface area contributed by atoms with Gasteiger partial charge in [-0.1, -0.05) is 0 Å². The van der Waals surface area contributed by atoms with Crippen LogP contribution in [-0.4, -0.2) is 34.8 Å². The average molecular weight is 103 g/mol. The number of amides is 1. The normalized spacial score (nSPS) is 8.33. The van der Waals surface area contributed by atoms with Crippen molar-refractivity contribution in [2.75, 3.05) is 14.1 Å². The third kappa shape index (κ3) is 1.96. The summed E-state index contributed by atoms with van der Waals surface area (Å²) in [7, 11) is 4.16. The van der Waals surface area contributed by atoms with E-state index in [1.807, 2.05) is 0 Å². The maximum Gasteiger partial charge on any atom is 0.182 e. The lowest BCUT2D eigenvalue weighted by Crippen LogP contribution is -2.18. The topological polar surface area (TPSA) is 20.3 Å². The first-order chi connectivity index (χ1) is 2.64. The molecule has 0 heterocycles. The summed E-state index contributed by atoms with van der Waals surface area (Å²) in [5.74, 6) is 0. The molecule has 0 aromatic heterocycles. The molecule has 1 amide bonds. The zero-order chi connectivity index (χ0) is 5.15. The zero-order valence-electron chi connectivity index (χ0n) is 4.36. The highest BCUT2D eigenvalue weighted by atomic mass is 28.1. The van der Waals surface area contributed by atoms with E-state index in [0.29, 0.717) is 10.2 Å². The lowest BCUT2D eigenvalue weighted by atomic mass is 11.0. The molecule has 0 spiro atoms. The molecule has 0 fully saturated rings. The molecular weight excluding hydrogens is 94.1 g/mol. The summed E-state index contributed by atoms with van der Waals surface area (Å²) in [6, 6.07) is 0. The van der Waals surface area contributed by atoms with Crippen molar-refractivity contribution < 1.29 is 4.79 Å². The third-order valence-corrected chi connectivity index (χ3v) is 1.52. The van der Waals surface area contributed by atoms with Crippen molar-refractivity contribution in [3.8, 4) is 0 Å². The Morgan fingerprint density at radius 2 is 1.83 bits per heavy atom. The monoisotopic (exact) mass is 103 g/mol. The minimum atomic E-state index is 0.231. The number of rotatable bonds is 0. The van der Waals surface area contributed by atoms with Gasteiger partial charge in [0.15, 0.2) is 5.53 Å². The summed E-state index contributed by atoms with van der Waals surface area (Å²) in [5.41, 5.74) is 0.231. The summed E-state index contributed by atoms with van der Waals surface area (Å²) in [4.78, 5) is 11.7. The first-order valence-corrected chi connectivity index (χ1v) is 2.82. The molecule has 0 saturated carbocycles. The van der Waals surface area contributed by atoms with Crippen LogP contribution in [0.2, 0.25) is 0 Å². The van der Waals surface area contributed by atoms with Crippen LogP contribution in [0.25, 0.3) is 0 Å². The zero-order valence-corrected chi connectivity index (χ0v) is 6.36. The summed E-state index contributed by atoms with van der Waals surface area (Å²) in [6.45, 7) is 0. The molecule has 0 aromatic rings. The molecule has 0 aliphatic carbocycles. The van der Waals surface area contributed by atoms with Crippen molar-refractivity contribution in [3.63, 3.8) is 0 Å². The second-order valence-corrected chi connectivity index (χ2v) is 2.27. The van der Waals surface area contributed by atoms with Gasteiger partial charge in [-0.25, -0.2) is 0 Å². The highest BCUT2D eigenvalue weighted by Crippen LogP contribution is 1.69. The van der Waals surface area contributed by atoms with E-state index in [1.165, 1.54) is 0 Å². The van der Waals surface area contributed by atoms with Gasteiger partial charge in [0, 0.05) is 14.1 Å². The van der Waals surface area contributed by atoms with Gasteiger partial charge in [-0.15, -0.1) is 0 Å². The van der Waals surface area contributed by atoms with Crippen molar-refractivity contribution in [2.24, 2.45) is 0 Å². The smallest absolute Gasteiger partial charge is 0.182 e. The molecule has 0 atom stereocenters. The molecule has 6 heavy (non-hydrogen) atoms. The standard InChI is InChI=1S/C3H9NOSi/c1-4(2)3(5)6/h1-2,6H3. The average Bonchev–Trinajstić information content (AvgIpc) is 1.36. The van der Waals surface area contributed by atoms with Crippen LogP contribution in [0.15, 0.2) is 0 Å². The van der Waals surface area contributed by atoms with Crippen LogP contribution in [0.1, 0.15) is 0 Å². The van der Waals surface area contributed by atoms with Crippen LogP contribution >= 0.6 is 0 Å². The van der Waals surface area contributed by atoms with Gasteiger partial charge in [0.1, 0.15) is 10.2 Å². The molecule has 0 aliphatic rings. The fraction of sp³-hybridized carbons (Fsp3) is 0.667. The van der Waals surface area contributed by atoms with Crippen LogP contribution in [0, 0.1) is 0 Å². The third-order valence-electron chi connectivity index (χ3n) is 0.630. The maximum absolute atomic E-state index is 10.1. The van der Waals surface area contributed by atoms with Crippen molar-refractivity contribution in [1.29, 1.82) is 0 Å². The molecule has 0 bridgehead atoms. The number of carbonyl (C=O) groups excluding carboxylic acids is 1. The second-order valence-electron chi connectivity index (χ2n) is 1.41. The lowest BCUT2D eigenvalue weighted by Gasteiger charge is -2.02. The fourth-order valence-corrected chi connectivity index (χ4v) is 0. The summed E-state index contributed by atoms with van der Waals surface area (Å²) < 4.78 is 0. The van der Waals surface area contributed by atoms with E-state index in [-0.39, 0.29) is 5.53 Å². The Bertz CT molecular complexity index is 61.8. The van der Waals surface area contributed by atoms with Gasteiger partial charge >= 0.3 is 0 Å². The Morgan fingerprint density at radius 3 is 1.83 bits per heavy atom. The molecule has 0 saturated heterocycles. The van der Waals surface area contributed by atoms with Gasteiger partial charge in [-0.3, -0.25) is 4.79 Å². The molecule has 0 rings (SSSR count). The Kier molecular flexibility index (Phi) is 1.87. The molecule has 0 aromatic carbocycles. The Balaban J connectivity index is 3.26. The molecular formula is C3H9NOSi. The minimum Gasteiger partial charge on any atom is -0.354 e. The molecule has 0 aliphatic heterocycles. The maximum atomic E-state index is 10.1. The quantitative estimate of drug-likeness (QED) is 0.361. The van der Waals surface area contributed by atoms with Crippen molar-refractivity contribution in [3.05, 3.63) is 0 Å². The van der Waals surface area contributed by atoms with Crippen molar-refractivity contribution >= 4 is 15.8 Å². The Hall–Kier alpha value is -0.313. The van der Waals surface area contributed by atoms with Crippen LogP contribution < -0.4 is 0 Å². The van der Waals surface area contributed by atoms with E-state index in [1.54, 1.807) is 19.0 Å². The van der Waals surface area contributed by atoms with E-state index in [4.69, 9.17) is 0 Å². The lowest BCUT2D eigenvalue weighted by molar-refractivity contribution is 0.240. The number of carbonyl (C=O) groups is 1. The predicted molar refractivity (Wildman–Crippen MR) is 29.0 cm³/mol. The van der Waals surface area contributed by atoms with Gasteiger partial charge in [0.25, 0.3) is 0 Å². The summed E-state index contributed by atoms with van der Waals surface area (Å²) >= 11 is 0. The number of hydrogen-bond acceptors (Lipinski definition) is 1. The van der Waals surface area contributed by atoms with E-state index in [2.05, 4.69) is 0 Å². The highest BCUT2D eigenvalue weighted by Gasteiger charge is 1.87. The first-order valence-electron chi connectivity index (χ1n) is 1.82. The second kappa shape index (κ2) is 1.97. The molecule has 0 radical (unpaired) electrons. The Labute approximate surface area is 40.6 Å².